The van der Waals surface area contributed by atoms with Crippen molar-refractivity contribution < 1.29 is 14.3 Å². The normalized spacial score (nSPS) is 15.7. The van der Waals surface area contributed by atoms with Gasteiger partial charge in [-0.15, -0.1) is 0 Å². The predicted molar refractivity (Wildman–Crippen MR) is 119 cm³/mol. The summed E-state index contributed by atoms with van der Waals surface area (Å²) >= 11 is 12.0. The topological polar surface area (TPSA) is 71.5 Å². The van der Waals surface area contributed by atoms with Crippen LogP contribution >= 0.6 is 23.2 Å². The molecule has 0 saturated carbocycles. The van der Waals surface area contributed by atoms with Crippen LogP contribution in [0.4, 0.5) is 5.69 Å². The summed E-state index contributed by atoms with van der Waals surface area (Å²) in [5.74, 6) is -0.154. The van der Waals surface area contributed by atoms with Crippen LogP contribution < -0.4 is 10.1 Å². The molecular formula is C23H19Cl2N3O3. The molecule has 1 unspecified atom stereocenters. The number of para-hydroxylation sites is 2. The van der Waals surface area contributed by atoms with Gasteiger partial charge in [0.15, 0.2) is 5.75 Å². The van der Waals surface area contributed by atoms with E-state index in [9.17, 15) is 9.59 Å². The van der Waals surface area contributed by atoms with Crippen molar-refractivity contribution in [1.82, 2.24) is 9.88 Å². The van der Waals surface area contributed by atoms with Crippen molar-refractivity contribution in [3.63, 3.8) is 0 Å². The van der Waals surface area contributed by atoms with Crippen molar-refractivity contribution in [2.24, 2.45) is 5.92 Å². The van der Waals surface area contributed by atoms with E-state index in [1.807, 2.05) is 30.3 Å². The lowest BCUT2D eigenvalue weighted by Gasteiger charge is -2.17. The Bertz CT molecular complexity index is 1110. The highest BCUT2D eigenvalue weighted by Crippen LogP contribution is 2.33. The van der Waals surface area contributed by atoms with Gasteiger partial charge in [0.25, 0.3) is 0 Å². The summed E-state index contributed by atoms with van der Waals surface area (Å²) in [6.45, 7) is 0.858. The van der Waals surface area contributed by atoms with E-state index in [2.05, 4.69) is 10.3 Å². The monoisotopic (exact) mass is 455 g/mol. The number of aromatic nitrogens is 1. The standard InChI is InChI=1S/C23H19Cl2N3O3/c24-17-11-18(25)23(26-12-17)31-20-9-5-4-8-19(20)27-22(30)16-10-21(29)28(14-16)13-15-6-2-1-3-7-15/h1-9,11-12,16H,10,13-14H2,(H,27,30). The number of ether oxygens (including phenoxy) is 1. The number of rotatable bonds is 6. The van der Waals surface area contributed by atoms with Gasteiger partial charge in [-0.05, 0) is 23.8 Å². The minimum Gasteiger partial charge on any atom is -0.435 e. The Morgan fingerprint density at radius 2 is 1.87 bits per heavy atom. The molecule has 4 rings (SSSR count). The Morgan fingerprint density at radius 3 is 2.65 bits per heavy atom. The van der Waals surface area contributed by atoms with Gasteiger partial charge >= 0.3 is 0 Å². The van der Waals surface area contributed by atoms with Crippen LogP contribution in [0.15, 0.2) is 66.9 Å². The maximum atomic E-state index is 12.9. The van der Waals surface area contributed by atoms with Gasteiger partial charge in [-0.3, -0.25) is 9.59 Å². The number of carbonyl (C=O) groups excluding carboxylic acids is 2. The van der Waals surface area contributed by atoms with Crippen LogP contribution in [-0.4, -0.2) is 28.2 Å². The lowest BCUT2D eigenvalue weighted by atomic mass is 10.1. The number of hydrogen-bond acceptors (Lipinski definition) is 4. The van der Waals surface area contributed by atoms with Crippen molar-refractivity contribution >= 4 is 40.7 Å². The van der Waals surface area contributed by atoms with Gasteiger partial charge in [-0.25, -0.2) is 4.98 Å². The van der Waals surface area contributed by atoms with Crippen LogP contribution in [-0.2, 0) is 16.1 Å². The maximum Gasteiger partial charge on any atom is 0.238 e. The highest BCUT2D eigenvalue weighted by atomic mass is 35.5. The fourth-order valence-electron chi connectivity index (χ4n) is 3.38. The van der Waals surface area contributed by atoms with E-state index in [1.54, 1.807) is 29.2 Å². The van der Waals surface area contributed by atoms with Crippen LogP contribution in [0.5, 0.6) is 11.6 Å². The molecule has 2 aromatic carbocycles. The largest absolute Gasteiger partial charge is 0.435 e. The number of nitrogens with zero attached hydrogens (tertiary/aromatic N) is 2. The molecule has 1 saturated heterocycles. The van der Waals surface area contributed by atoms with Crippen molar-refractivity contribution in [2.45, 2.75) is 13.0 Å². The maximum absolute atomic E-state index is 12.9. The molecular weight excluding hydrogens is 437 g/mol. The number of anilines is 1. The van der Waals surface area contributed by atoms with Crippen LogP contribution in [0.1, 0.15) is 12.0 Å². The molecule has 0 bridgehead atoms. The molecule has 1 aliphatic heterocycles. The summed E-state index contributed by atoms with van der Waals surface area (Å²) in [5.41, 5.74) is 1.50. The third-order valence-corrected chi connectivity index (χ3v) is 5.40. The molecule has 1 atom stereocenters. The summed E-state index contributed by atoms with van der Waals surface area (Å²) in [6.07, 6.45) is 1.60. The number of likely N-dealkylation sites (tertiary alicyclic amines) is 1. The Balaban J connectivity index is 1.44. The van der Waals surface area contributed by atoms with E-state index in [1.165, 1.54) is 12.3 Å². The van der Waals surface area contributed by atoms with Gasteiger partial charge in [0, 0.05) is 25.7 Å². The summed E-state index contributed by atoms with van der Waals surface area (Å²) in [7, 11) is 0. The van der Waals surface area contributed by atoms with Gasteiger partial charge in [0.05, 0.1) is 16.6 Å². The van der Waals surface area contributed by atoms with Crippen LogP contribution in [0.2, 0.25) is 10.0 Å². The molecule has 8 heteroatoms. The van der Waals surface area contributed by atoms with Crippen molar-refractivity contribution in [1.29, 1.82) is 0 Å². The molecule has 1 fully saturated rings. The first kappa shape index (κ1) is 21.2. The summed E-state index contributed by atoms with van der Waals surface area (Å²) < 4.78 is 5.79. The smallest absolute Gasteiger partial charge is 0.238 e. The van der Waals surface area contributed by atoms with Crippen LogP contribution in [0.25, 0.3) is 0 Å². The Kier molecular flexibility index (Phi) is 6.39. The number of hydrogen-bond donors (Lipinski definition) is 1. The third kappa shape index (κ3) is 5.16. The fourth-order valence-corrected chi connectivity index (χ4v) is 3.80. The van der Waals surface area contributed by atoms with Gasteiger partial charge in [0.2, 0.25) is 17.7 Å². The molecule has 0 spiro atoms. The number of carbonyl (C=O) groups is 2. The Hall–Kier alpha value is -3.09. The second kappa shape index (κ2) is 9.37. The average Bonchev–Trinajstić information content (AvgIpc) is 3.12. The van der Waals surface area contributed by atoms with E-state index in [-0.39, 0.29) is 29.1 Å². The number of halogens is 2. The van der Waals surface area contributed by atoms with Gasteiger partial charge in [-0.2, -0.15) is 0 Å². The quantitative estimate of drug-likeness (QED) is 0.556. The number of amides is 2. The minimum atomic E-state index is -0.443. The number of benzene rings is 2. The average molecular weight is 456 g/mol. The molecule has 2 heterocycles. The first-order chi connectivity index (χ1) is 15.0. The molecule has 3 aromatic rings. The summed E-state index contributed by atoms with van der Waals surface area (Å²) in [5, 5.41) is 3.52. The highest BCUT2D eigenvalue weighted by Gasteiger charge is 2.34. The van der Waals surface area contributed by atoms with Crippen molar-refractivity contribution in [2.75, 3.05) is 11.9 Å². The number of nitrogens with one attached hydrogen (secondary N) is 1. The van der Waals surface area contributed by atoms with E-state index >= 15 is 0 Å². The summed E-state index contributed by atoms with van der Waals surface area (Å²) in [4.78, 5) is 31.1. The summed E-state index contributed by atoms with van der Waals surface area (Å²) in [6, 6.07) is 18.2. The number of pyridine rings is 1. The molecule has 158 valence electrons. The SMILES string of the molecule is O=C(Nc1ccccc1Oc1ncc(Cl)cc1Cl)C1CC(=O)N(Cc2ccccc2)C1. The van der Waals surface area contributed by atoms with Crippen LogP contribution in [0.3, 0.4) is 0 Å². The molecule has 1 aromatic heterocycles. The lowest BCUT2D eigenvalue weighted by molar-refractivity contribution is -0.128. The van der Waals surface area contributed by atoms with Crippen molar-refractivity contribution in [3.8, 4) is 11.6 Å². The zero-order valence-corrected chi connectivity index (χ0v) is 17.9. The first-order valence-corrected chi connectivity index (χ1v) is 10.5. The molecule has 1 N–H and O–H groups in total. The molecule has 1 aliphatic rings. The van der Waals surface area contributed by atoms with Gasteiger partial charge < -0.3 is 15.0 Å². The minimum absolute atomic E-state index is 0.0364. The van der Waals surface area contributed by atoms with E-state index < -0.39 is 5.92 Å². The van der Waals surface area contributed by atoms with E-state index in [0.717, 1.165) is 5.56 Å². The Labute approximate surface area is 189 Å². The molecule has 2 amide bonds. The fraction of sp³-hybridized carbons (Fsp3) is 0.174. The first-order valence-electron chi connectivity index (χ1n) is 9.70. The van der Waals surface area contributed by atoms with Gasteiger partial charge in [0.1, 0.15) is 5.02 Å². The second-order valence-electron chi connectivity index (χ2n) is 7.19. The molecule has 0 radical (unpaired) electrons. The molecule has 0 aliphatic carbocycles. The predicted octanol–water partition coefficient (Wildman–Crippen LogP) is 5.17. The van der Waals surface area contributed by atoms with Crippen molar-refractivity contribution in [3.05, 3.63) is 82.5 Å². The van der Waals surface area contributed by atoms with Crippen LogP contribution in [0, 0.1) is 5.92 Å². The van der Waals surface area contributed by atoms with E-state index in [0.29, 0.717) is 29.5 Å². The van der Waals surface area contributed by atoms with Gasteiger partial charge in [-0.1, -0.05) is 65.7 Å². The van der Waals surface area contributed by atoms with E-state index in [4.69, 9.17) is 27.9 Å². The Morgan fingerprint density at radius 1 is 1.13 bits per heavy atom. The third-order valence-electron chi connectivity index (χ3n) is 4.93. The lowest BCUT2D eigenvalue weighted by Crippen LogP contribution is -2.28. The molecule has 31 heavy (non-hydrogen) atoms. The zero-order valence-electron chi connectivity index (χ0n) is 16.4. The second-order valence-corrected chi connectivity index (χ2v) is 8.03. The zero-order chi connectivity index (χ0) is 21.8. The molecule has 6 nitrogen and oxygen atoms in total. The highest BCUT2D eigenvalue weighted by molar-refractivity contribution is 6.35.